The lowest BCUT2D eigenvalue weighted by atomic mass is 9.78. The number of aromatic nitrogens is 1. The third kappa shape index (κ3) is 2.47. The summed E-state index contributed by atoms with van der Waals surface area (Å²) >= 11 is 3.45. The number of hydrogen-bond donors (Lipinski definition) is 0. The Kier molecular flexibility index (Phi) is 3.70. The molecule has 1 saturated carbocycles. The first-order valence-electron chi connectivity index (χ1n) is 7.29. The van der Waals surface area contributed by atoms with E-state index in [9.17, 15) is 4.79 Å². The summed E-state index contributed by atoms with van der Waals surface area (Å²) in [5, 5.41) is 0. The van der Waals surface area contributed by atoms with Crippen LogP contribution in [0.25, 0.3) is 0 Å². The van der Waals surface area contributed by atoms with Crippen LogP contribution in [0.5, 0.6) is 0 Å². The highest BCUT2D eigenvalue weighted by Crippen LogP contribution is 2.36. The second-order valence-corrected chi connectivity index (χ2v) is 6.82. The molecule has 1 aromatic rings. The van der Waals surface area contributed by atoms with Gasteiger partial charge in [0.25, 0.3) is 5.91 Å². The molecule has 2 aliphatic rings. The second kappa shape index (κ2) is 5.31. The van der Waals surface area contributed by atoms with Gasteiger partial charge in [-0.15, -0.1) is 0 Å². The van der Waals surface area contributed by atoms with Crippen molar-refractivity contribution in [3.63, 3.8) is 0 Å². The number of likely N-dealkylation sites (tertiary alicyclic amines) is 1. The van der Waals surface area contributed by atoms with Gasteiger partial charge in [0.2, 0.25) is 0 Å². The topological polar surface area (TPSA) is 25.2 Å². The first kappa shape index (κ1) is 13.2. The van der Waals surface area contributed by atoms with E-state index >= 15 is 0 Å². The van der Waals surface area contributed by atoms with Gasteiger partial charge in [0, 0.05) is 30.3 Å². The molecule has 1 aromatic heterocycles. The number of carbonyl (C=O) groups excluding carboxylic acids is 1. The molecule has 1 saturated heterocycles. The molecule has 3 nitrogen and oxygen atoms in total. The molecular formula is C15H21BrN2O. The Morgan fingerprint density at radius 1 is 1.26 bits per heavy atom. The van der Waals surface area contributed by atoms with E-state index in [0.29, 0.717) is 6.04 Å². The summed E-state index contributed by atoms with van der Waals surface area (Å²) in [5.74, 6) is 0.958. The van der Waals surface area contributed by atoms with E-state index in [1.165, 1.54) is 38.5 Å². The number of rotatable bonds is 1. The summed E-state index contributed by atoms with van der Waals surface area (Å²) in [6.45, 7) is 0.933. The second-order valence-electron chi connectivity index (χ2n) is 5.91. The highest BCUT2D eigenvalue weighted by molar-refractivity contribution is 9.10. The Morgan fingerprint density at radius 3 is 2.74 bits per heavy atom. The third-order valence-electron chi connectivity index (χ3n) is 4.69. The van der Waals surface area contributed by atoms with E-state index in [1.54, 1.807) is 0 Å². The summed E-state index contributed by atoms with van der Waals surface area (Å²) in [6, 6.07) is 2.43. The first-order chi connectivity index (χ1) is 9.16. The number of amides is 1. The van der Waals surface area contributed by atoms with Crippen molar-refractivity contribution < 1.29 is 4.79 Å². The van der Waals surface area contributed by atoms with Gasteiger partial charge in [-0.05, 0) is 53.6 Å². The van der Waals surface area contributed by atoms with Gasteiger partial charge in [0.15, 0.2) is 0 Å². The van der Waals surface area contributed by atoms with Crippen LogP contribution in [0.1, 0.15) is 49.0 Å². The maximum atomic E-state index is 12.8. The predicted octanol–water partition coefficient (Wildman–Crippen LogP) is 3.58. The van der Waals surface area contributed by atoms with Gasteiger partial charge in [0.1, 0.15) is 5.69 Å². The molecule has 104 valence electrons. The molecule has 0 spiro atoms. The molecule has 2 fully saturated rings. The molecule has 1 amide bonds. The summed E-state index contributed by atoms with van der Waals surface area (Å²) in [4.78, 5) is 14.9. The highest BCUT2D eigenvalue weighted by atomic mass is 79.9. The van der Waals surface area contributed by atoms with Gasteiger partial charge in [-0.25, -0.2) is 0 Å². The van der Waals surface area contributed by atoms with Crippen LogP contribution in [0.4, 0.5) is 0 Å². The molecule has 3 rings (SSSR count). The summed E-state index contributed by atoms with van der Waals surface area (Å²) in [5.41, 5.74) is 0.804. The molecule has 0 aromatic carbocycles. The maximum Gasteiger partial charge on any atom is 0.270 e. The minimum absolute atomic E-state index is 0.213. The van der Waals surface area contributed by atoms with Gasteiger partial charge in [0.05, 0.1) is 0 Å². The van der Waals surface area contributed by atoms with E-state index in [-0.39, 0.29) is 5.91 Å². The van der Waals surface area contributed by atoms with Crippen molar-refractivity contribution in [2.45, 2.75) is 44.6 Å². The molecule has 0 N–H and O–H groups in total. The normalized spacial score (nSPS) is 27.2. The number of piperidine rings is 1. The van der Waals surface area contributed by atoms with Crippen molar-refractivity contribution in [1.29, 1.82) is 0 Å². The van der Waals surface area contributed by atoms with Crippen molar-refractivity contribution >= 4 is 21.8 Å². The van der Waals surface area contributed by atoms with Crippen molar-refractivity contribution in [3.05, 3.63) is 22.4 Å². The third-order valence-corrected chi connectivity index (χ3v) is 5.13. The Morgan fingerprint density at radius 2 is 2.00 bits per heavy atom. The molecular weight excluding hydrogens is 304 g/mol. The fraction of sp³-hybridized carbons (Fsp3) is 0.667. The SMILES string of the molecule is Cn1cc(Br)cc1C(=O)N1CCC[C@H]2CCCC[C@H]21. The van der Waals surface area contributed by atoms with Crippen LogP contribution in [0.3, 0.4) is 0 Å². The van der Waals surface area contributed by atoms with Crippen molar-refractivity contribution in [1.82, 2.24) is 9.47 Å². The number of aryl methyl sites for hydroxylation is 1. The van der Waals surface area contributed by atoms with Crippen LogP contribution in [0, 0.1) is 5.92 Å². The standard InChI is InChI=1S/C15H21BrN2O/c1-17-10-12(16)9-14(17)15(19)18-8-4-6-11-5-2-3-7-13(11)18/h9-11,13H,2-8H2,1H3/t11-,13-/m1/s1. The number of fused-ring (bicyclic) bond motifs is 1. The van der Waals surface area contributed by atoms with E-state index in [0.717, 1.165) is 22.6 Å². The molecule has 2 heterocycles. The van der Waals surface area contributed by atoms with Crippen molar-refractivity contribution in [3.8, 4) is 0 Å². The zero-order chi connectivity index (χ0) is 13.4. The summed E-state index contributed by atoms with van der Waals surface area (Å²) < 4.78 is 2.91. The van der Waals surface area contributed by atoms with Gasteiger partial charge >= 0.3 is 0 Å². The quantitative estimate of drug-likeness (QED) is 0.775. The average Bonchev–Trinajstić information content (AvgIpc) is 2.76. The lowest BCUT2D eigenvalue weighted by Gasteiger charge is -2.44. The Bertz CT molecular complexity index is 480. The fourth-order valence-corrected chi connectivity index (χ4v) is 4.28. The molecule has 0 radical (unpaired) electrons. The summed E-state index contributed by atoms with van der Waals surface area (Å²) in [6.07, 6.45) is 9.56. The molecule has 2 atom stereocenters. The highest BCUT2D eigenvalue weighted by Gasteiger charge is 2.36. The van der Waals surface area contributed by atoms with E-state index < -0.39 is 0 Å². The minimum Gasteiger partial charge on any atom is -0.345 e. The summed E-state index contributed by atoms with van der Waals surface area (Å²) in [7, 11) is 1.94. The van der Waals surface area contributed by atoms with Crippen LogP contribution in [-0.2, 0) is 7.05 Å². The lowest BCUT2D eigenvalue weighted by Crippen LogP contribution is -2.50. The Balaban J connectivity index is 1.83. The van der Waals surface area contributed by atoms with Crippen LogP contribution in [0.2, 0.25) is 0 Å². The van der Waals surface area contributed by atoms with Crippen molar-refractivity contribution in [2.75, 3.05) is 6.54 Å². The monoisotopic (exact) mass is 324 g/mol. The molecule has 0 bridgehead atoms. The largest absolute Gasteiger partial charge is 0.345 e. The van der Waals surface area contributed by atoms with E-state index in [2.05, 4.69) is 20.8 Å². The number of carbonyl (C=O) groups is 1. The lowest BCUT2D eigenvalue weighted by molar-refractivity contribution is 0.0382. The van der Waals surface area contributed by atoms with Crippen LogP contribution in [-0.4, -0.2) is 28.0 Å². The van der Waals surface area contributed by atoms with Gasteiger partial charge in [-0.1, -0.05) is 12.8 Å². The number of nitrogens with zero attached hydrogens (tertiary/aromatic N) is 2. The van der Waals surface area contributed by atoms with Gasteiger partial charge < -0.3 is 9.47 Å². The Labute approximate surface area is 123 Å². The zero-order valence-corrected chi connectivity index (χ0v) is 13.0. The fourth-order valence-electron chi connectivity index (χ4n) is 3.76. The molecule has 0 unspecified atom stereocenters. The van der Waals surface area contributed by atoms with Crippen LogP contribution < -0.4 is 0 Å². The number of halogens is 1. The van der Waals surface area contributed by atoms with Crippen LogP contribution >= 0.6 is 15.9 Å². The minimum atomic E-state index is 0.213. The van der Waals surface area contributed by atoms with Crippen molar-refractivity contribution in [2.24, 2.45) is 13.0 Å². The average molecular weight is 325 g/mol. The first-order valence-corrected chi connectivity index (χ1v) is 8.09. The molecule has 4 heteroatoms. The maximum absolute atomic E-state index is 12.8. The van der Waals surface area contributed by atoms with E-state index in [1.807, 2.05) is 23.9 Å². The van der Waals surface area contributed by atoms with Gasteiger partial charge in [-0.2, -0.15) is 0 Å². The smallest absolute Gasteiger partial charge is 0.270 e. The van der Waals surface area contributed by atoms with Crippen LogP contribution in [0.15, 0.2) is 16.7 Å². The molecule has 19 heavy (non-hydrogen) atoms. The van der Waals surface area contributed by atoms with Gasteiger partial charge in [-0.3, -0.25) is 4.79 Å². The predicted molar refractivity (Wildman–Crippen MR) is 79.1 cm³/mol. The number of hydrogen-bond acceptors (Lipinski definition) is 1. The van der Waals surface area contributed by atoms with E-state index in [4.69, 9.17) is 0 Å². The molecule has 1 aliphatic heterocycles. The zero-order valence-electron chi connectivity index (χ0n) is 11.4. The Hall–Kier alpha value is -0.770. The molecule has 1 aliphatic carbocycles.